The minimum absolute atomic E-state index is 0.0362. The number of nitrogens with zero attached hydrogens (tertiary/aromatic N) is 2. The molecule has 1 heterocycles. The molecule has 1 saturated carbocycles. The smallest absolute Gasteiger partial charge is 0.349 e. The number of hydrogen-bond acceptors (Lipinski definition) is 9. The van der Waals surface area contributed by atoms with Crippen molar-refractivity contribution in [1.29, 1.82) is 0 Å². The topological polar surface area (TPSA) is 133 Å². The molecule has 1 aliphatic heterocycles. The maximum absolute atomic E-state index is 13.0. The zero-order chi connectivity index (χ0) is 24.2. The molecule has 1 atom stereocenters. The fourth-order valence-corrected chi connectivity index (χ4v) is 5.57. The number of carbonyl (C=O) groups is 1. The van der Waals surface area contributed by atoms with E-state index in [4.69, 9.17) is 37.5 Å². The van der Waals surface area contributed by atoms with E-state index in [9.17, 15) is 9.90 Å². The molecule has 1 aromatic rings. The molecular weight excluding hydrogens is 468 g/mol. The number of hydrazone groups is 1. The summed E-state index contributed by atoms with van der Waals surface area (Å²) in [6.45, 7) is 0. The van der Waals surface area contributed by atoms with Crippen molar-refractivity contribution in [3.05, 3.63) is 33.4 Å². The van der Waals surface area contributed by atoms with Gasteiger partial charge in [0.25, 0.3) is 0 Å². The van der Waals surface area contributed by atoms with Crippen molar-refractivity contribution in [2.75, 3.05) is 21.3 Å². The Morgan fingerprint density at radius 2 is 2.00 bits per heavy atom. The Kier molecular flexibility index (Phi) is 8.25. The summed E-state index contributed by atoms with van der Waals surface area (Å²) < 4.78 is 16.9. The highest BCUT2D eigenvalue weighted by Crippen LogP contribution is 2.47. The largest absolute Gasteiger partial charge is 0.511 e. The van der Waals surface area contributed by atoms with E-state index in [0.29, 0.717) is 29.4 Å². The number of thioether (sulfide) groups is 1. The number of aryl methyl sites for hydroxylation is 1. The van der Waals surface area contributed by atoms with Gasteiger partial charge in [-0.1, -0.05) is 24.4 Å². The lowest BCUT2D eigenvalue weighted by Gasteiger charge is -2.41. The van der Waals surface area contributed by atoms with E-state index in [2.05, 4.69) is 5.10 Å². The Labute approximate surface area is 203 Å². The predicted molar refractivity (Wildman–Crippen MR) is 129 cm³/mol. The number of hydrogen-bond donors (Lipinski definition) is 3. The third-order valence-corrected chi connectivity index (χ3v) is 7.76. The van der Waals surface area contributed by atoms with Gasteiger partial charge in [0.05, 0.1) is 19.2 Å². The highest BCUT2D eigenvalue weighted by Gasteiger charge is 2.48. The summed E-state index contributed by atoms with van der Waals surface area (Å²) >= 11 is 7.23. The van der Waals surface area contributed by atoms with Gasteiger partial charge in [-0.05, 0) is 55.0 Å². The number of methoxy groups -OCH3 is 2. The molecule has 11 heteroatoms. The van der Waals surface area contributed by atoms with E-state index in [0.717, 1.165) is 43.0 Å². The predicted octanol–water partition coefficient (Wildman–Crippen LogP) is 3.70. The minimum atomic E-state index is -0.826. The summed E-state index contributed by atoms with van der Waals surface area (Å²) in [7, 11) is 4.67. The molecule has 0 spiro atoms. The summed E-state index contributed by atoms with van der Waals surface area (Å²) in [6, 6.07) is 3.56. The number of carbonyl (C=O) groups excluding carboxylic acids is 1. The van der Waals surface area contributed by atoms with Crippen LogP contribution in [0.2, 0.25) is 5.02 Å². The fraction of sp³-hybridized carbons (Fsp3) is 0.545. The molecule has 33 heavy (non-hydrogen) atoms. The van der Waals surface area contributed by atoms with E-state index in [-0.39, 0.29) is 28.2 Å². The van der Waals surface area contributed by atoms with Crippen LogP contribution in [0.4, 0.5) is 0 Å². The highest BCUT2D eigenvalue weighted by atomic mass is 35.5. The number of cyclic esters (lactones) is 1. The maximum Gasteiger partial charge on any atom is 0.349 e. The molecule has 2 aliphatic rings. The molecular formula is C22H31ClN4O5S. The van der Waals surface area contributed by atoms with Gasteiger partial charge >= 0.3 is 5.97 Å². The number of halogens is 1. The maximum atomic E-state index is 13.0. The van der Waals surface area contributed by atoms with E-state index in [1.165, 1.54) is 5.01 Å². The second-order valence-electron chi connectivity index (χ2n) is 8.31. The van der Waals surface area contributed by atoms with Crippen LogP contribution in [-0.2, 0) is 16.0 Å². The summed E-state index contributed by atoms with van der Waals surface area (Å²) in [5.74, 6) is 11.7. The highest BCUT2D eigenvalue weighted by molar-refractivity contribution is 8.17. The molecule has 0 radical (unpaired) electrons. The van der Waals surface area contributed by atoms with Crippen LogP contribution in [0.5, 0.6) is 11.5 Å². The van der Waals surface area contributed by atoms with Gasteiger partial charge in [0, 0.05) is 19.5 Å². The summed E-state index contributed by atoms with van der Waals surface area (Å²) in [5.41, 5.74) is 0.0519. The summed E-state index contributed by atoms with van der Waals surface area (Å²) in [6.07, 6.45) is 5.27. The van der Waals surface area contributed by atoms with Gasteiger partial charge in [-0.15, -0.1) is 0 Å². The molecule has 1 aliphatic carbocycles. The Morgan fingerprint density at radius 1 is 1.33 bits per heavy atom. The number of rotatable bonds is 7. The number of ether oxygens (including phenoxy) is 3. The monoisotopic (exact) mass is 498 g/mol. The first kappa shape index (κ1) is 25.3. The van der Waals surface area contributed by atoms with Gasteiger partial charge in [-0.2, -0.15) is 5.10 Å². The van der Waals surface area contributed by atoms with Crippen molar-refractivity contribution in [2.24, 2.45) is 22.7 Å². The van der Waals surface area contributed by atoms with E-state index < -0.39 is 11.6 Å². The zero-order valence-electron chi connectivity index (χ0n) is 19.1. The number of aliphatic hydroxyl groups excluding tert-OH is 1. The number of aliphatic hydroxyl groups is 1. The third-order valence-electron chi connectivity index (χ3n) is 6.29. The molecule has 0 saturated heterocycles. The molecule has 1 aromatic carbocycles. The first-order chi connectivity index (χ1) is 15.7. The normalized spacial score (nSPS) is 21.8. The molecule has 0 amide bonds. The second-order valence-corrected chi connectivity index (χ2v) is 9.70. The van der Waals surface area contributed by atoms with Crippen molar-refractivity contribution in [3.8, 4) is 11.5 Å². The number of nitrogens with two attached hydrogens (primary N) is 2. The molecule has 1 fully saturated rings. The Hall–Kier alpha value is -2.30. The second kappa shape index (κ2) is 10.8. The standard InChI is InChI=1S/C22H31ClN4O5S/c1-27(25)21(26-24)33-19-16(28)12-22(32-20(19)29,14-6-4-5-7-14)9-8-13-10-15(23)18(31-3)11-17(13)30-2/h10-11,14,28H,4-9,12,24-25H2,1-3H3/b26-21+. The zero-order valence-corrected chi connectivity index (χ0v) is 20.7. The van der Waals surface area contributed by atoms with Crippen molar-refractivity contribution in [2.45, 2.75) is 50.5 Å². The van der Waals surface area contributed by atoms with Gasteiger partial charge in [-0.25, -0.2) is 10.6 Å². The number of benzene rings is 1. The Balaban J connectivity index is 1.90. The van der Waals surface area contributed by atoms with Gasteiger partial charge in [0.15, 0.2) is 0 Å². The molecule has 1 unspecified atom stereocenters. The van der Waals surface area contributed by atoms with E-state index >= 15 is 0 Å². The first-order valence-electron chi connectivity index (χ1n) is 10.7. The van der Waals surface area contributed by atoms with Crippen LogP contribution in [0, 0.1) is 5.92 Å². The van der Waals surface area contributed by atoms with Crippen molar-refractivity contribution in [3.63, 3.8) is 0 Å². The van der Waals surface area contributed by atoms with Crippen LogP contribution in [0.25, 0.3) is 0 Å². The molecule has 0 bridgehead atoms. The molecule has 5 N–H and O–H groups in total. The van der Waals surface area contributed by atoms with Gasteiger partial charge in [0.1, 0.15) is 27.8 Å². The SMILES string of the molecule is COc1cc(OC)c(CCC2(C3CCCC3)CC(O)=C(S/C(=N/N)N(C)N)C(=O)O2)cc1Cl. The van der Waals surface area contributed by atoms with Crippen LogP contribution >= 0.6 is 23.4 Å². The third kappa shape index (κ3) is 5.44. The van der Waals surface area contributed by atoms with Crippen molar-refractivity contribution in [1.82, 2.24) is 5.01 Å². The number of hydrazine groups is 1. The Bertz CT molecular complexity index is 949. The minimum Gasteiger partial charge on any atom is -0.511 e. The fourth-order valence-electron chi connectivity index (χ4n) is 4.62. The van der Waals surface area contributed by atoms with Crippen molar-refractivity contribution >= 4 is 34.5 Å². The van der Waals surface area contributed by atoms with E-state index in [1.807, 2.05) is 6.07 Å². The van der Waals surface area contributed by atoms with Crippen LogP contribution in [-0.4, -0.2) is 48.1 Å². The van der Waals surface area contributed by atoms with E-state index in [1.54, 1.807) is 27.3 Å². The first-order valence-corrected chi connectivity index (χ1v) is 11.9. The van der Waals surface area contributed by atoms with Crippen LogP contribution in [0.1, 0.15) is 44.1 Å². The van der Waals surface area contributed by atoms with Crippen LogP contribution < -0.4 is 21.2 Å². The van der Waals surface area contributed by atoms with Crippen LogP contribution in [0.3, 0.4) is 0 Å². The van der Waals surface area contributed by atoms with Gasteiger partial charge in [-0.3, -0.25) is 5.01 Å². The molecule has 3 rings (SSSR count). The Morgan fingerprint density at radius 3 is 2.55 bits per heavy atom. The van der Waals surface area contributed by atoms with Gasteiger partial charge in [0.2, 0.25) is 5.17 Å². The molecule has 0 aromatic heterocycles. The number of esters is 1. The number of amidine groups is 1. The van der Waals surface area contributed by atoms with Gasteiger partial charge < -0.3 is 25.2 Å². The average Bonchev–Trinajstić information content (AvgIpc) is 3.33. The lowest BCUT2D eigenvalue weighted by atomic mass is 9.77. The molecule has 182 valence electrons. The summed E-state index contributed by atoms with van der Waals surface area (Å²) in [4.78, 5) is 13.1. The van der Waals surface area contributed by atoms with Crippen molar-refractivity contribution < 1.29 is 24.1 Å². The molecule has 9 nitrogen and oxygen atoms in total. The lowest BCUT2D eigenvalue weighted by molar-refractivity contribution is -0.166. The average molecular weight is 499 g/mol. The summed E-state index contributed by atoms with van der Waals surface area (Å²) in [5, 5.41) is 16.3. The van der Waals surface area contributed by atoms with Crippen LogP contribution in [0.15, 0.2) is 27.9 Å². The lowest BCUT2D eigenvalue weighted by Crippen LogP contribution is -2.46. The quantitative estimate of drug-likeness (QED) is 0.169.